The Bertz CT molecular complexity index is 955. The van der Waals surface area contributed by atoms with Gasteiger partial charge in [-0.15, -0.1) is 0 Å². The number of aromatic nitrogens is 4. The third kappa shape index (κ3) is 2.92. The fourth-order valence-corrected chi connectivity index (χ4v) is 3.39. The van der Waals surface area contributed by atoms with Gasteiger partial charge in [0, 0.05) is 26.1 Å². The van der Waals surface area contributed by atoms with Crippen LogP contribution in [-0.4, -0.2) is 37.6 Å². The molecule has 0 saturated carbocycles. The molecule has 2 aromatic heterocycles. The van der Waals surface area contributed by atoms with E-state index in [2.05, 4.69) is 24.8 Å². The van der Waals surface area contributed by atoms with Gasteiger partial charge < -0.3 is 4.98 Å². The number of H-pyrrole nitrogens is 1. The second-order valence-electron chi connectivity index (χ2n) is 5.81. The summed E-state index contributed by atoms with van der Waals surface area (Å²) in [5.41, 5.74) is 4.38. The molecule has 0 amide bonds. The summed E-state index contributed by atoms with van der Waals surface area (Å²) in [7, 11) is 0. The Balaban J connectivity index is 1.57. The van der Waals surface area contributed by atoms with Crippen LogP contribution in [0.15, 0.2) is 40.4 Å². The average Bonchev–Trinajstić information content (AvgIpc) is 2.62. The Hall–Kier alpha value is -2.25. The van der Waals surface area contributed by atoms with Crippen LogP contribution in [0.3, 0.4) is 0 Å². The van der Waals surface area contributed by atoms with E-state index in [0.717, 1.165) is 41.0 Å². The van der Waals surface area contributed by atoms with Crippen molar-refractivity contribution in [2.75, 3.05) is 12.8 Å². The van der Waals surface area contributed by atoms with Gasteiger partial charge >= 0.3 is 0 Å². The summed E-state index contributed by atoms with van der Waals surface area (Å²) in [5, 5.41) is 0.688. The first-order chi connectivity index (χ1) is 11.7. The first-order valence-electron chi connectivity index (χ1n) is 7.82. The van der Waals surface area contributed by atoms with Gasteiger partial charge in [0.15, 0.2) is 5.16 Å². The summed E-state index contributed by atoms with van der Waals surface area (Å²) in [5.74, 6) is 0. The molecule has 4 rings (SSSR count). The maximum Gasteiger partial charge on any atom is 0.256 e. The van der Waals surface area contributed by atoms with E-state index in [4.69, 9.17) is 0 Å². The Morgan fingerprint density at radius 2 is 2.08 bits per heavy atom. The van der Waals surface area contributed by atoms with E-state index in [0.29, 0.717) is 18.2 Å². The van der Waals surface area contributed by atoms with Crippen molar-refractivity contribution in [1.29, 1.82) is 0 Å². The SMILES string of the molecule is CSc1nc2c(c(=O)[nH]1)CN(Cc1cnc3ccccc3n1)CC2. The minimum Gasteiger partial charge on any atom is -0.301 e. The third-order valence-electron chi connectivity index (χ3n) is 4.20. The van der Waals surface area contributed by atoms with Crippen molar-refractivity contribution in [3.63, 3.8) is 0 Å². The predicted molar refractivity (Wildman–Crippen MR) is 94.0 cm³/mol. The number of benzene rings is 1. The maximum absolute atomic E-state index is 12.3. The molecule has 0 bridgehead atoms. The lowest BCUT2D eigenvalue weighted by Crippen LogP contribution is -2.35. The molecule has 1 aromatic carbocycles. The van der Waals surface area contributed by atoms with Crippen LogP contribution < -0.4 is 5.56 Å². The van der Waals surface area contributed by atoms with Gasteiger partial charge in [-0.1, -0.05) is 23.9 Å². The minimum absolute atomic E-state index is 0.0290. The molecule has 0 radical (unpaired) electrons. The van der Waals surface area contributed by atoms with E-state index in [9.17, 15) is 4.79 Å². The summed E-state index contributed by atoms with van der Waals surface area (Å²) in [6.45, 7) is 2.15. The van der Waals surface area contributed by atoms with Gasteiger partial charge in [-0.25, -0.2) is 9.97 Å². The van der Waals surface area contributed by atoms with Gasteiger partial charge in [0.25, 0.3) is 5.56 Å². The van der Waals surface area contributed by atoms with E-state index in [1.807, 2.05) is 36.7 Å². The summed E-state index contributed by atoms with van der Waals surface area (Å²) in [6, 6.07) is 7.85. The molecular formula is C17H17N5OS. The van der Waals surface area contributed by atoms with E-state index in [1.165, 1.54) is 11.8 Å². The minimum atomic E-state index is -0.0290. The van der Waals surface area contributed by atoms with Crippen molar-refractivity contribution >= 4 is 22.8 Å². The fraction of sp³-hybridized carbons (Fsp3) is 0.294. The van der Waals surface area contributed by atoms with Gasteiger partial charge in [0.2, 0.25) is 0 Å². The van der Waals surface area contributed by atoms with Gasteiger partial charge in [0.1, 0.15) is 0 Å². The number of nitrogens with one attached hydrogen (secondary N) is 1. The topological polar surface area (TPSA) is 74.8 Å². The molecule has 3 aromatic rings. The van der Waals surface area contributed by atoms with Crippen molar-refractivity contribution in [3.05, 3.63) is 57.8 Å². The monoisotopic (exact) mass is 339 g/mol. The zero-order chi connectivity index (χ0) is 16.5. The highest BCUT2D eigenvalue weighted by Gasteiger charge is 2.21. The molecule has 0 atom stereocenters. The van der Waals surface area contributed by atoms with Crippen molar-refractivity contribution < 1.29 is 0 Å². The molecular weight excluding hydrogens is 322 g/mol. The smallest absolute Gasteiger partial charge is 0.256 e. The second kappa shape index (κ2) is 6.33. The Morgan fingerprint density at radius 1 is 1.25 bits per heavy atom. The van der Waals surface area contributed by atoms with Crippen molar-refractivity contribution in [3.8, 4) is 0 Å². The third-order valence-corrected chi connectivity index (χ3v) is 4.78. The van der Waals surface area contributed by atoms with E-state index in [-0.39, 0.29) is 5.56 Å². The highest BCUT2D eigenvalue weighted by atomic mass is 32.2. The second-order valence-corrected chi connectivity index (χ2v) is 6.61. The lowest BCUT2D eigenvalue weighted by Gasteiger charge is -2.27. The molecule has 7 heteroatoms. The molecule has 0 aliphatic carbocycles. The fourth-order valence-electron chi connectivity index (χ4n) is 2.99. The molecule has 122 valence electrons. The van der Waals surface area contributed by atoms with E-state index < -0.39 is 0 Å². The number of nitrogens with zero attached hydrogens (tertiary/aromatic N) is 4. The molecule has 24 heavy (non-hydrogen) atoms. The zero-order valence-corrected chi connectivity index (χ0v) is 14.1. The van der Waals surface area contributed by atoms with Crippen LogP contribution in [0.25, 0.3) is 11.0 Å². The molecule has 6 nitrogen and oxygen atoms in total. The lowest BCUT2D eigenvalue weighted by atomic mass is 10.1. The highest BCUT2D eigenvalue weighted by Crippen LogP contribution is 2.18. The Kier molecular flexibility index (Phi) is 4.03. The number of hydrogen-bond acceptors (Lipinski definition) is 6. The molecule has 1 N–H and O–H groups in total. The van der Waals surface area contributed by atoms with Gasteiger partial charge in [-0.05, 0) is 18.4 Å². The molecule has 0 fully saturated rings. The number of fused-ring (bicyclic) bond motifs is 2. The highest BCUT2D eigenvalue weighted by molar-refractivity contribution is 7.98. The number of hydrogen-bond donors (Lipinski definition) is 1. The summed E-state index contributed by atoms with van der Waals surface area (Å²) >= 11 is 1.46. The number of aromatic amines is 1. The van der Waals surface area contributed by atoms with Gasteiger partial charge in [-0.2, -0.15) is 0 Å². The van der Waals surface area contributed by atoms with Crippen LogP contribution in [0.1, 0.15) is 17.0 Å². The molecule has 1 aliphatic rings. The van der Waals surface area contributed by atoms with Crippen LogP contribution in [0.4, 0.5) is 0 Å². The Morgan fingerprint density at radius 3 is 2.92 bits per heavy atom. The zero-order valence-electron chi connectivity index (χ0n) is 13.3. The Labute approximate surface area is 143 Å². The number of rotatable bonds is 3. The number of para-hydroxylation sites is 2. The van der Waals surface area contributed by atoms with E-state index in [1.54, 1.807) is 0 Å². The molecule has 0 spiro atoms. The van der Waals surface area contributed by atoms with Crippen LogP contribution in [0, 0.1) is 0 Å². The van der Waals surface area contributed by atoms with Crippen molar-refractivity contribution in [2.45, 2.75) is 24.7 Å². The molecule has 0 unspecified atom stereocenters. The van der Waals surface area contributed by atoms with Crippen LogP contribution in [0.5, 0.6) is 0 Å². The van der Waals surface area contributed by atoms with Gasteiger partial charge in [-0.3, -0.25) is 14.7 Å². The largest absolute Gasteiger partial charge is 0.301 e. The van der Waals surface area contributed by atoms with Crippen molar-refractivity contribution in [1.82, 2.24) is 24.8 Å². The quantitative estimate of drug-likeness (QED) is 0.581. The predicted octanol–water partition coefficient (Wildman–Crippen LogP) is 1.99. The summed E-state index contributed by atoms with van der Waals surface area (Å²) in [6.07, 6.45) is 4.52. The lowest BCUT2D eigenvalue weighted by molar-refractivity contribution is 0.238. The first kappa shape index (κ1) is 15.3. The average molecular weight is 339 g/mol. The van der Waals surface area contributed by atoms with Crippen LogP contribution in [-0.2, 0) is 19.5 Å². The van der Waals surface area contributed by atoms with Gasteiger partial charge in [0.05, 0.1) is 34.2 Å². The summed E-state index contributed by atoms with van der Waals surface area (Å²) in [4.78, 5) is 31.0. The molecule has 1 aliphatic heterocycles. The molecule has 0 saturated heterocycles. The summed E-state index contributed by atoms with van der Waals surface area (Å²) < 4.78 is 0. The van der Waals surface area contributed by atoms with Crippen LogP contribution >= 0.6 is 11.8 Å². The normalized spacial score (nSPS) is 14.7. The first-order valence-corrected chi connectivity index (χ1v) is 9.04. The molecule has 3 heterocycles. The maximum atomic E-state index is 12.3. The van der Waals surface area contributed by atoms with Crippen molar-refractivity contribution in [2.24, 2.45) is 0 Å². The van der Waals surface area contributed by atoms with Crippen LogP contribution in [0.2, 0.25) is 0 Å². The van der Waals surface area contributed by atoms with E-state index >= 15 is 0 Å². The standard InChI is InChI=1S/C17H17N5OS/c1-24-17-20-13-6-7-22(10-12(13)16(23)21-17)9-11-8-18-14-4-2-3-5-15(14)19-11/h2-5,8H,6-7,9-10H2,1H3,(H,20,21,23). The number of thioether (sulfide) groups is 1.